The van der Waals surface area contributed by atoms with Crippen LogP contribution in [0.1, 0.15) is 29.7 Å². The molecule has 1 aliphatic rings. The van der Waals surface area contributed by atoms with Gasteiger partial charge in [0.25, 0.3) is 5.56 Å². The molecular formula is C35H26BrF3N2O5S. The normalized spacial score (nSPS) is 14.9. The fourth-order valence-electron chi connectivity index (χ4n) is 5.46. The molecule has 0 amide bonds. The summed E-state index contributed by atoms with van der Waals surface area (Å²) in [7, 11) is 1.38. The number of hydrogen-bond donors (Lipinski definition) is 0. The number of carbonyl (C=O) groups excluding carboxylic acids is 1. The number of esters is 1. The predicted octanol–water partition coefficient (Wildman–Crippen LogP) is 6.84. The van der Waals surface area contributed by atoms with E-state index in [-0.39, 0.29) is 33.9 Å². The van der Waals surface area contributed by atoms with Crippen molar-refractivity contribution in [3.05, 3.63) is 137 Å². The average Bonchev–Trinajstić information content (AvgIpc) is 3.37. The third-order valence-corrected chi connectivity index (χ3v) is 9.04. The van der Waals surface area contributed by atoms with Gasteiger partial charge in [0.1, 0.15) is 24.1 Å². The lowest BCUT2D eigenvalue weighted by molar-refractivity contribution is -0.140. The average molecular weight is 724 g/mol. The van der Waals surface area contributed by atoms with Gasteiger partial charge in [0, 0.05) is 15.6 Å². The van der Waals surface area contributed by atoms with Gasteiger partial charge in [0.05, 0.1) is 23.8 Å². The Hall–Kier alpha value is -4.68. The number of methoxy groups -OCH3 is 1. The van der Waals surface area contributed by atoms with Gasteiger partial charge < -0.3 is 14.2 Å². The van der Waals surface area contributed by atoms with Crippen LogP contribution < -0.4 is 24.4 Å². The molecular weight excluding hydrogens is 697 g/mol. The Kier molecular flexibility index (Phi) is 9.07. The molecule has 0 N–H and O–H groups in total. The summed E-state index contributed by atoms with van der Waals surface area (Å²) < 4.78 is 63.2. The molecule has 5 aromatic rings. The van der Waals surface area contributed by atoms with Gasteiger partial charge in [-0.25, -0.2) is 9.79 Å². The van der Waals surface area contributed by atoms with E-state index in [4.69, 9.17) is 14.2 Å². The van der Waals surface area contributed by atoms with Crippen LogP contribution in [0.2, 0.25) is 0 Å². The number of carbonyl (C=O) groups is 1. The highest BCUT2D eigenvalue weighted by Gasteiger charge is 2.46. The molecule has 1 aromatic heterocycles. The van der Waals surface area contributed by atoms with Gasteiger partial charge in [0.2, 0.25) is 0 Å². The number of allylic oxidation sites excluding steroid dienone is 1. The summed E-state index contributed by atoms with van der Waals surface area (Å²) in [6, 6.07) is 23.4. The number of thiazole rings is 1. The number of para-hydroxylation sites is 1. The number of benzene rings is 4. The second kappa shape index (κ2) is 13.2. The molecule has 1 atom stereocenters. The summed E-state index contributed by atoms with van der Waals surface area (Å²) in [6.07, 6.45) is -3.49. The summed E-state index contributed by atoms with van der Waals surface area (Å²) in [5.74, 6) is -0.568. The van der Waals surface area contributed by atoms with Gasteiger partial charge in [0.15, 0.2) is 10.5 Å². The van der Waals surface area contributed by atoms with Crippen LogP contribution in [-0.2, 0) is 16.1 Å². The van der Waals surface area contributed by atoms with E-state index in [0.717, 1.165) is 25.9 Å². The zero-order chi connectivity index (χ0) is 33.3. The second-order valence-electron chi connectivity index (χ2n) is 10.4. The first-order chi connectivity index (χ1) is 22.6. The summed E-state index contributed by atoms with van der Waals surface area (Å²) >= 11 is 4.20. The molecule has 4 aromatic carbocycles. The van der Waals surface area contributed by atoms with Crippen molar-refractivity contribution in [2.75, 3.05) is 13.7 Å². The smallest absolute Gasteiger partial charge is 0.434 e. The van der Waals surface area contributed by atoms with E-state index in [0.29, 0.717) is 22.1 Å². The number of rotatable bonds is 8. The Labute approximate surface area is 279 Å². The molecule has 1 aliphatic heterocycles. The highest BCUT2D eigenvalue weighted by atomic mass is 79.9. The van der Waals surface area contributed by atoms with E-state index in [2.05, 4.69) is 20.9 Å². The molecule has 0 saturated carbocycles. The van der Waals surface area contributed by atoms with Crippen LogP contribution in [0.4, 0.5) is 13.2 Å². The van der Waals surface area contributed by atoms with Crippen LogP contribution >= 0.6 is 27.3 Å². The van der Waals surface area contributed by atoms with Gasteiger partial charge in [-0.3, -0.25) is 9.36 Å². The number of aromatic nitrogens is 1. The third kappa shape index (κ3) is 6.35. The fourth-order valence-corrected chi connectivity index (χ4v) is 6.72. The molecule has 0 spiro atoms. The zero-order valence-corrected chi connectivity index (χ0v) is 27.4. The first kappa shape index (κ1) is 32.3. The van der Waals surface area contributed by atoms with Crippen molar-refractivity contribution in [3.63, 3.8) is 0 Å². The summed E-state index contributed by atoms with van der Waals surface area (Å²) in [5.41, 5.74) is -1.21. The van der Waals surface area contributed by atoms with Gasteiger partial charge in [-0.05, 0) is 53.6 Å². The number of alkyl halides is 3. The Morgan fingerprint density at radius 1 is 1.00 bits per heavy atom. The van der Waals surface area contributed by atoms with Crippen molar-refractivity contribution in [2.45, 2.75) is 25.7 Å². The fraction of sp³-hybridized carbons (Fsp3) is 0.171. The van der Waals surface area contributed by atoms with Crippen LogP contribution in [0.25, 0.3) is 16.8 Å². The second-order valence-corrected chi connectivity index (χ2v) is 12.3. The Morgan fingerprint density at radius 3 is 2.45 bits per heavy atom. The minimum absolute atomic E-state index is 0.0966. The topological polar surface area (TPSA) is 79.1 Å². The van der Waals surface area contributed by atoms with E-state index in [1.165, 1.54) is 14.0 Å². The molecule has 0 saturated heterocycles. The third-order valence-electron chi connectivity index (χ3n) is 7.53. The molecule has 2 heterocycles. The van der Waals surface area contributed by atoms with E-state index in [1.54, 1.807) is 66.7 Å². The van der Waals surface area contributed by atoms with Crippen LogP contribution in [0.5, 0.6) is 11.5 Å². The van der Waals surface area contributed by atoms with E-state index in [9.17, 15) is 22.8 Å². The van der Waals surface area contributed by atoms with Crippen LogP contribution in [0, 0.1) is 0 Å². The number of hydrogen-bond acceptors (Lipinski definition) is 7. The van der Waals surface area contributed by atoms with Gasteiger partial charge in [-0.1, -0.05) is 87.9 Å². The van der Waals surface area contributed by atoms with Gasteiger partial charge in [-0.2, -0.15) is 13.2 Å². The summed E-state index contributed by atoms with van der Waals surface area (Å²) in [4.78, 5) is 31.4. The largest absolute Gasteiger partial charge is 0.496 e. The zero-order valence-electron chi connectivity index (χ0n) is 25.0. The van der Waals surface area contributed by atoms with Crippen molar-refractivity contribution in [2.24, 2.45) is 4.99 Å². The standard InChI is InChI=1S/C35H26BrF3N2O5S/c1-3-45-33(43)29-30(28-24-10-6-4-8-21(24)14-17-26(28)44-2)41-32(42)27(47-34(41)40-31(29)35(37,38)39)18-22-9-5-7-11-25(22)46-19-20-12-15-23(36)16-13-20/h4-18,30H,3,19H2,1-2H3/b27-18-/t30-/m0/s1. The minimum Gasteiger partial charge on any atom is -0.496 e. The first-order valence-electron chi connectivity index (χ1n) is 14.4. The van der Waals surface area contributed by atoms with Crippen LogP contribution in [0.15, 0.2) is 110 Å². The van der Waals surface area contributed by atoms with E-state index in [1.807, 2.05) is 24.3 Å². The molecule has 0 radical (unpaired) electrons. The van der Waals surface area contributed by atoms with Crippen molar-refractivity contribution < 1.29 is 32.2 Å². The van der Waals surface area contributed by atoms with E-state index < -0.39 is 35.0 Å². The maximum atomic E-state index is 14.7. The lowest BCUT2D eigenvalue weighted by Gasteiger charge is -2.28. The molecule has 7 nitrogen and oxygen atoms in total. The van der Waals surface area contributed by atoms with Crippen molar-refractivity contribution in [1.29, 1.82) is 0 Å². The summed E-state index contributed by atoms with van der Waals surface area (Å²) in [6.45, 7) is 1.55. The number of nitrogens with zero attached hydrogens (tertiary/aromatic N) is 2. The summed E-state index contributed by atoms with van der Waals surface area (Å²) in [5, 5.41) is 1.18. The lowest BCUT2D eigenvalue weighted by atomic mass is 9.90. The molecule has 240 valence electrons. The molecule has 0 aliphatic carbocycles. The van der Waals surface area contributed by atoms with Crippen molar-refractivity contribution >= 4 is 50.1 Å². The van der Waals surface area contributed by atoms with Gasteiger partial charge >= 0.3 is 12.1 Å². The number of ether oxygens (including phenoxy) is 3. The van der Waals surface area contributed by atoms with E-state index >= 15 is 0 Å². The van der Waals surface area contributed by atoms with Crippen LogP contribution in [-0.4, -0.2) is 30.4 Å². The number of halogens is 4. The minimum atomic E-state index is -5.04. The predicted molar refractivity (Wildman–Crippen MR) is 176 cm³/mol. The maximum absolute atomic E-state index is 14.7. The molecule has 0 bridgehead atoms. The van der Waals surface area contributed by atoms with Crippen molar-refractivity contribution in [3.8, 4) is 11.5 Å². The van der Waals surface area contributed by atoms with Crippen LogP contribution in [0.3, 0.4) is 0 Å². The molecule has 0 unspecified atom stereocenters. The molecule has 47 heavy (non-hydrogen) atoms. The van der Waals surface area contributed by atoms with Gasteiger partial charge in [-0.15, -0.1) is 0 Å². The molecule has 12 heteroatoms. The lowest BCUT2D eigenvalue weighted by Crippen LogP contribution is -2.41. The highest BCUT2D eigenvalue weighted by molar-refractivity contribution is 9.10. The highest BCUT2D eigenvalue weighted by Crippen LogP contribution is 2.43. The molecule has 6 rings (SSSR count). The Bertz CT molecular complexity index is 2210. The monoisotopic (exact) mass is 722 g/mol. The first-order valence-corrected chi connectivity index (χ1v) is 16.0. The molecule has 0 fully saturated rings. The quantitative estimate of drug-likeness (QED) is 0.164. The maximum Gasteiger partial charge on any atom is 0.434 e. The SMILES string of the molecule is CCOC(=O)C1=C(C(F)(F)F)N=c2s/c(=C\c3ccccc3OCc3ccc(Br)cc3)c(=O)n2[C@H]1c1c(OC)ccc2ccccc12. The number of fused-ring (bicyclic) bond motifs is 2. The Morgan fingerprint density at radius 2 is 1.72 bits per heavy atom. The Balaban J connectivity index is 1.59. The van der Waals surface area contributed by atoms with Crippen molar-refractivity contribution in [1.82, 2.24) is 4.57 Å².